The molecule has 0 aromatic heterocycles. The SMILES string of the molecule is O=C(COCC(F)F)ON1C(=O)c2ccccc2C1=O. The average Bonchev–Trinajstić information content (AvgIpc) is 2.64. The van der Waals surface area contributed by atoms with E-state index in [1.165, 1.54) is 12.1 Å². The van der Waals surface area contributed by atoms with Gasteiger partial charge in [0.15, 0.2) is 0 Å². The monoisotopic (exact) mass is 285 g/mol. The first-order valence-corrected chi connectivity index (χ1v) is 5.55. The summed E-state index contributed by atoms with van der Waals surface area (Å²) in [7, 11) is 0. The lowest BCUT2D eigenvalue weighted by atomic mass is 10.1. The van der Waals surface area contributed by atoms with Crippen LogP contribution in [-0.4, -0.2) is 42.5 Å². The van der Waals surface area contributed by atoms with Gasteiger partial charge >= 0.3 is 5.97 Å². The molecule has 0 bridgehead atoms. The zero-order valence-electron chi connectivity index (χ0n) is 10.0. The Morgan fingerprint density at radius 1 is 1.15 bits per heavy atom. The van der Waals surface area contributed by atoms with Crippen LogP contribution in [0.3, 0.4) is 0 Å². The number of rotatable bonds is 5. The molecule has 1 aliphatic heterocycles. The Kier molecular flexibility index (Phi) is 4.04. The van der Waals surface area contributed by atoms with E-state index < -0.39 is 37.4 Å². The van der Waals surface area contributed by atoms with Gasteiger partial charge in [0.2, 0.25) is 0 Å². The van der Waals surface area contributed by atoms with Crippen molar-refractivity contribution in [1.82, 2.24) is 5.06 Å². The third-order valence-electron chi connectivity index (χ3n) is 2.41. The van der Waals surface area contributed by atoms with E-state index in [1.807, 2.05) is 0 Å². The molecule has 106 valence electrons. The molecular weight excluding hydrogens is 276 g/mol. The summed E-state index contributed by atoms with van der Waals surface area (Å²) < 4.78 is 27.9. The molecule has 1 heterocycles. The summed E-state index contributed by atoms with van der Waals surface area (Å²) >= 11 is 0. The minimum Gasteiger partial charge on any atom is -0.364 e. The maximum atomic E-state index is 11.8. The van der Waals surface area contributed by atoms with Gasteiger partial charge in [-0.2, -0.15) is 0 Å². The predicted molar refractivity (Wildman–Crippen MR) is 59.9 cm³/mol. The number of halogens is 2. The van der Waals surface area contributed by atoms with E-state index in [1.54, 1.807) is 12.1 Å². The highest BCUT2D eigenvalue weighted by molar-refractivity contribution is 6.20. The molecular formula is C12H9F2NO5. The third kappa shape index (κ3) is 2.80. The van der Waals surface area contributed by atoms with Gasteiger partial charge in [0, 0.05) is 0 Å². The molecule has 0 radical (unpaired) electrons. The molecule has 0 fully saturated rings. The fourth-order valence-corrected chi connectivity index (χ4v) is 1.61. The van der Waals surface area contributed by atoms with Gasteiger partial charge in [-0.15, -0.1) is 0 Å². The van der Waals surface area contributed by atoms with E-state index in [0.29, 0.717) is 5.06 Å². The first-order chi connectivity index (χ1) is 9.50. The normalized spacial score (nSPS) is 13.8. The van der Waals surface area contributed by atoms with Gasteiger partial charge in [-0.25, -0.2) is 13.6 Å². The van der Waals surface area contributed by atoms with Crippen molar-refractivity contribution in [3.05, 3.63) is 35.4 Å². The molecule has 1 aromatic carbocycles. The van der Waals surface area contributed by atoms with Crippen molar-refractivity contribution in [3.8, 4) is 0 Å². The van der Waals surface area contributed by atoms with Gasteiger partial charge in [0.25, 0.3) is 18.2 Å². The fraction of sp³-hybridized carbons (Fsp3) is 0.250. The number of ether oxygens (including phenoxy) is 1. The molecule has 20 heavy (non-hydrogen) atoms. The zero-order chi connectivity index (χ0) is 14.7. The van der Waals surface area contributed by atoms with Crippen LogP contribution in [0, 0.1) is 0 Å². The minimum absolute atomic E-state index is 0.110. The number of carbonyl (C=O) groups is 3. The summed E-state index contributed by atoms with van der Waals surface area (Å²) in [5.41, 5.74) is 0.220. The topological polar surface area (TPSA) is 72.9 Å². The van der Waals surface area contributed by atoms with Gasteiger partial charge < -0.3 is 9.57 Å². The molecule has 0 spiro atoms. The summed E-state index contributed by atoms with van der Waals surface area (Å²) in [4.78, 5) is 39.4. The van der Waals surface area contributed by atoms with Gasteiger partial charge in [-0.1, -0.05) is 17.2 Å². The zero-order valence-corrected chi connectivity index (χ0v) is 10.0. The summed E-state index contributed by atoms with van der Waals surface area (Å²) in [5.74, 6) is -2.68. The van der Waals surface area contributed by atoms with Gasteiger partial charge in [-0.3, -0.25) is 9.59 Å². The molecule has 0 aliphatic carbocycles. The molecule has 0 saturated carbocycles. The Morgan fingerprint density at radius 3 is 2.20 bits per heavy atom. The molecule has 1 aliphatic rings. The second kappa shape index (κ2) is 5.74. The highest BCUT2D eigenvalue weighted by Crippen LogP contribution is 2.22. The quantitative estimate of drug-likeness (QED) is 0.755. The summed E-state index contributed by atoms with van der Waals surface area (Å²) in [6, 6.07) is 5.94. The van der Waals surface area contributed by atoms with Crippen LogP contribution in [-0.2, 0) is 14.4 Å². The largest absolute Gasteiger partial charge is 0.364 e. The van der Waals surface area contributed by atoms with E-state index in [4.69, 9.17) is 0 Å². The second-order valence-electron chi connectivity index (χ2n) is 3.82. The van der Waals surface area contributed by atoms with E-state index in [-0.39, 0.29) is 11.1 Å². The summed E-state index contributed by atoms with van der Waals surface area (Å²) in [5, 5.41) is 0.290. The Bertz CT molecular complexity index is 526. The lowest BCUT2D eigenvalue weighted by Gasteiger charge is -2.12. The van der Waals surface area contributed by atoms with Gasteiger partial charge in [0.05, 0.1) is 11.1 Å². The van der Waals surface area contributed by atoms with E-state index in [0.717, 1.165) is 0 Å². The Balaban J connectivity index is 1.97. The Labute approximate surface area is 111 Å². The van der Waals surface area contributed by atoms with Crippen molar-refractivity contribution in [1.29, 1.82) is 0 Å². The van der Waals surface area contributed by atoms with Gasteiger partial charge in [-0.05, 0) is 12.1 Å². The van der Waals surface area contributed by atoms with E-state index in [9.17, 15) is 23.2 Å². The molecule has 8 heteroatoms. The van der Waals surface area contributed by atoms with Gasteiger partial charge in [0.1, 0.15) is 13.2 Å². The standard InChI is InChI=1S/C12H9F2NO5/c13-9(14)5-19-6-10(16)20-15-11(17)7-3-1-2-4-8(7)12(15)18/h1-4,9H,5-6H2. The number of nitrogens with zero attached hydrogens (tertiary/aromatic N) is 1. The van der Waals surface area contributed by atoms with Crippen molar-refractivity contribution < 1.29 is 32.7 Å². The minimum atomic E-state index is -2.72. The average molecular weight is 285 g/mol. The van der Waals surface area contributed by atoms with Crippen molar-refractivity contribution in [3.63, 3.8) is 0 Å². The predicted octanol–water partition coefficient (Wildman–Crippen LogP) is 1.02. The number of benzene rings is 1. The van der Waals surface area contributed by atoms with Crippen LogP contribution in [0.15, 0.2) is 24.3 Å². The first-order valence-electron chi connectivity index (χ1n) is 5.55. The van der Waals surface area contributed by atoms with Crippen LogP contribution in [0.2, 0.25) is 0 Å². The van der Waals surface area contributed by atoms with Crippen LogP contribution < -0.4 is 0 Å². The maximum Gasteiger partial charge on any atom is 0.358 e. The van der Waals surface area contributed by atoms with Crippen molar-refractivity contribution in [2.75, 3.05) is 13.2 Å². The number of hydrogen-bond acceptors (Lipinski definition) is 5. The number of imide groups is 1. The van der Waals surface area contributed by atoms with E-state index in [2.05, 4.69) is 9.57 Å². The van der Waals surface area contributed by atoms with Crippen LogP contribution in [0.4, 0.5) is 8.78 Å². The first kappa shape index (κ1) is 14.1. The molecule has 0 unspecified atom stereocenters. The third-order valence-corrected chi connectivity index (χ3v) is 2.41. The molecule has 2 amide bonds. The highest BCUT2D eigenvalue weighted by atomic mass is 19.3. The van der Waals surface area contributed by atoms with Crippen molar-refractivity contribution in [2.24, 2.45) is 0 Å². The number of amides is 2. The molecule has 0 N–H and O–H groups in total. The molecule has 6 nitrogen and oxygen atoms in total. The van der Waals surface area contributed by atoms with Crippen LogP contribution in [0.25, 0.3) is 0 Å². The number of hydroxylamine groups is 2. The Hall–Kier alpha value is -2.35. The fourth-order valence-electron chi connectivity index (χ4n) is 1.61. The molecule has 2 rings (SSSR count). The smallest absolute Gasteiger partial charge is 0.358 e. The number of alkyl halides is 2. The number of fused-ring (bicyclic) bond motifs is 1. The van der Waals surface area contributed by atoms with Crippen molar-refractivity contribution >= 4 is 17.8 Å². The maximum absolute atomic E-state index is 11.8. The second-order valence-corrected chi connectivity index (χ2v) is 3.82. The Morgan fingerprint density at radius 2 is 1.70 bits per heavy atom. The lowest BCUT2D eigenvalue weighted by Crippen LogP contribution is -2.34. The van der Waals surface area contributed by atoms with Crippen LogP contribution >= 0.6 is 0 Å². The molecule has 0 saturated heterocycles. The van der Waals surface area contributed by atoms with Crippen molar-refractivity contribution in [2.45, 2.75) is 6.43 Å². The number of carbonyl (C=O) groups excluding carboxylic acids is 3. The lowest BCUT2D eigenvalue weighted by molar-refractivity contribution is -0.174. The van der Waals surface area contributed by atoms with Crippen LogP contribution in [0.1, 0.15) is 20.7 Å². The molecule has 1 aromatic rings. The highest BCUT2D eigenvalue weighted by Gasteiger charge is 2.38. The summed E-state index contributed by atoms with van der Waals surface area (Å²) in [6.07, 6.45) is -2.72. The number of hydrogen-bond donors (Lipinski definition) is 0. The summed E-state index contributed by atoms with van der Waals surface area (Å²) in [6.45, 7) is -1.71. The molecule has 0 atom stereocenters. The van der Waals surface area contributed by atoms with Crippen LogP contribution in [0.5, 0.6) is 0 Å². The van der Waals surface area contributed by atoms with E-state index >= 15 is 0 Å².